The Hall–Kier alpha value is -4.09. The summed E-state index contributed by atoms with van der Waals surface area (Å²) in [6.45, 7) is 6.81. The molecule has 0 unspecified atom stereocenters. The van der Waals surface area contributed by atoms with E-state index in [1.54, 1.807) is 28.9 Å². The van der Waals surface area contributed by atoms with Crippen LogP contribution in [0.2, 0.25) is 0 Å². The zero-order valence-electron chi connectivity index (χ0n) is 20.9. The Morgan fingerprint density at radius 1 is 1.21 bits per heavy atom. The van der Waals surface area contributed by atoms with Gasteiger partial charge in [-0.3, -0.25) is 19.5 Å². The summed E-state index contributed by atoms with van der Waals surface area (Å²) in [4.78, 5) is 48.4. The average Bonchev–Trinajstić information content (AvgIpc) is 3.56. The van der Waals surface area contributed by atoms with E-state index in [1.807, 2.05) is 6.07 Å². The molecule has 1 fully saturated rings. The van der Waals surface area contributed by atoms with Crippen LogP contribution in [0.5, 0.6) is 0 Å². The van der Waals surface area contributed by atoms with Gasteiger partial charge in [-0.15, -0.1) is 11.3 Å². The van der Waals surface area contributed by atoms with Crippen molar-refractivity contribution in [1.82, 2.24) is 29.8 Å². The van der Waals surface area contributed by atoms with Gasteiger partial charge < -0.3 is 15.4 Å². The SMILES string of the molecule is CC1(C)CCCN1CCNC(=O)c1cnc2c(c1)[nH]c(=O)c1c2nn2cc(-c3cccc(C(=O)O)c3)sc12. The molecule has 1 saturated heterocycles. The van der Waals surface area contributed by atoms with Crippen molar-refractivity contribution in [3.05, 3.63) is 64.2 Å². The average molecular weight is 531 g/mol. The molecule has 0 spiro atoms. The van der Waals surface area contributed by atoms with Gasteiger partial charge in [0.2, 0.25) is 0 Å². The number of H-pyrrole nitrogens is 1. The largest absolute Gasteiger partial charge is 0.478 e. The van der Waals surface area contributed by atoms with Crippen molar-refractivity contribution >= 4 is 50.0 Å². The number of benzene rings is 1. The number of pyridine rings is 2. The van der Waals surface area contributed by atoms with E-state index in [0.29, 0.717) is 38.9 Å². The zero-order valence-corrected chi connectivity index (χ0v) is 21.8. The number of aromatic amines is 1. The predicted octanol–water partition coefficient (Wildman–Crippen LogP) is 3.75. The highest BCUT2D eigenvalue weighted by atomic mass is 32.1. The number of nitrogens with zero attached hydrogens (tertiary/aromatic N) is 4. The molecule has 6 rings (SSSR count). The van der Waals surface area contributed by atoms with Crippen LogP contribution < -0.4 is 10.9 Å². The first-order valence-corrected chi connectivity index (χ1v) is 13.2. The van der Waals surface area contributed by atoms with Crippen molar-refractivity contribution in [3.8, 4) is 10.4 Å². The highest BCUT2D eigenvalue weighted by Gasteiger charge is 2.31. The Bertz CT molecular complexity index is 1800. The molecule has 194 valence electrons. The van der Waals surface area contributed by atoms with E-state index in [0.717, 1.165) is 30.0 Å². The van der Waals surface area contributed by atoms with Crippen molar-refractivity contribution in [2.24, 2.45) is 0 Å². The lowest BCUT2D eigenvalue weighted by atomic mass is 10.0. The second kappa shape index (κ2) is 9.03. The number of carbonyl (C=O) groups is 2. The second-order valence-corrected chi connectivity index (χ2v) is 11.2. The van der Waals surface area contributed by atoms with Crippen LogP contribution in [0.15, 0.2) is 47.5 Å². The normalized spacial score (nSPS) is 15.5. The molecule has 0 atom stereocenters. The third-order valence-corrected chi connectivity index (χ3v) is 8.44. The Morgan fingerprint density at radius 2 is 2.05 bits per heavy atom. The number of hydrogen-bond acceptors (Lipinski definition) is 7. The lowest BCUT2D eigenvalue weighted by Gasteiger charge is -2.31. The molecule has 1 aliphatic rings. The molecule has 10 nitrogen and oxygen atoms in total. The second-order valence-electron chi connectivity index (χ2n) is 10.2. The standard InChI is InChI=1S/C27H26N6O4S/c1-27(2)7-4-9-32(27)10-8-28-23(34)17-12-18-21(29-13-17)22-20(24(35)30-18)25-33(31-22)14-19(38-25)15-5-3-6-16(11-15)26(36)37/h3,5-6,11-14H,4,7-10H2,1-2H3,(H,28,34)(H,30,35)(H,36,37). The highest BCUT2D eigenvalue weighted by molar-refractivity contribution is 7.21. The number of carboxylic acid groups (broad SMARTS) is 1. The maximum Gasteiger partial charge on any atom is 0.335 e. The summed E-state index contributed by atoms with van der Waals surface area (Å²) < 4.78 is 1.62. The number of aromatic carboxylic acids is 1. The van der Waals surface area contributed by atoms with Gasteiger partial charge in [0.25, 0.3) is 11.5 Å². The number of carbonyl (C=O) groups excluding carboxylic acids is 1. The Balaban J connectivity index is 1.29. The van der Waals surface area contributed by atoms with Gasteiger partial charge in [0.15, 0.2) is 0 Å². The minimum absolute atomic E-state index is 0.154. The van der Waals surface area contributed by atoms with Crippen LogP contribution in [0.3, 0.4) is 0 Å². The molecular formula is C27H26N6O4S. The first-order valence-electron chi connectivity index (χ1n) is 12.4. The third kappa shape index (κ3) is 4.13. The number of likely N-dealkylation sites (tertiary alicyclic amines) is 1. The first kappa shape index (κ1) is 24.3. The number of amides is 1. The van der Waals surface area contributed by atoms with Crippen LogP contribution in [0.25, 0.3) is 37.2 Å². The summed E-state index contributed by atoms with van der Waals surface area (Å²) in [6.07, 6.45) is 5.60. The van der Waals surface area contributed by atoms with E-state index in [9.17, 15) is 19.5 Å². The van der Waals surface area contributed by atoms with Crippen LogP contribution in [0, 0.1) is 0 Å². The van der Waals surface area contributed by atoms with E-state index in [-0.39, 0.29) is 22.6 Å². The van der Waals surface area contributed by atoms with Crippen molar-refractivity contribution < 1.29 is 14.7 Å². The summed E-state index contributed by atoms with van der Waals surface area (Å²) >= 11 is 1.35. The van der Waals surface area contributed by atoms with Gasteiger partial charge in [-0.05, 0) is 57.0 Å². The zero-order chi connectivity index (χ0) is 26.6. The van der Waals surface area contributed by atoms with Crippen LogP contribution in [-0.2, 0) is 0 Å². The summed E-state index contributed by atoms with van der Waals surface area (Å²) in [6, 6.07) is 8.26. The number of nitrogens with one attached hydrogen (secondary N) is 2. The smallest absolute Gasteiger partial charge is 0.335 e. The molecule has 3 N–H and O–H groups in total. The van der Waals surface area contributed by atoms with Gasteiger partial charge in [-0.2, -0.15) is 5.10 Å². The summed E-state index contributed by atoms with van der Waals surface area (Å²) in [7, 11) is 0. The maximum absolute atomic E-state index is 13.1. The number of hydrogen-bond donors (Lipinski definition) is 3. The highest BCUT2D eigenvalue weighted by Crippen LogP contribution is 2.33. The third-order valence-electron chi connectivity index (χ3n) is 7.30. The molecule has 0 radical (unpaired) electrons. The van der Waals surface area contributed by atoms with Crippen molar-refractivity contribution in [2.45, 2.75) is 32.2 Å². The van der Waals surface area contributed by atoms with E-state index >= 15 is 0 Å². The van der Waals surface area contributed by atoms with Crippen LogP contribution in [0.1, 0.15) is 47.4 Å². The van der Waals surface area contributed by atoms with E-state index in [1.165, 1.54) is 30.0 Å². The van der Waals surface area contributed by atoms with Gasteiger partial charge in [-0.1, -0.05) is 12.1 Å². The van der Waals surface area contributed by atoms with E-state index in [4.69, 9.17) is 0 Å². The Kier molecular flexibility index (Phi) is 5.77. The molecule has 1 amide bonds. The minimum Gasteiger partial charge on any atom is -0.478 e. The number of fused-ring (bicyclic) bond motifs is 5. The number of aromatic nitrogens is 4. The van der Waals surface area contributed by atoms with Gasteiger partial charge in [-0.25, -0.2) is 9.31 Å². The molecule has 11 heteroatoms. The molecule has 0 aliphatic carbocycles. The van der Waals surface area contributed by atoms with Crippen molar-refractivity contribution in [2.75, 3.05) is 19.6 Å². The van der Waals surface area contributed by atoms with Crippen molar-refractivity contribution in [1.29, 1.82) is 0 Å². The van der Waals surface area contributed by atoms with Crippen molar-refractivity contribution in [3.63, 3.8) is 0 Å². The number of carboxylic acids is 1. The summed E-state index contributed by atoms with van der Waals surface area (Å²) in [5.74, 6) is -1.24. The molecular weight excluding hydrogens is 504 g/mol. The van der Waals surface area contributed by atoms with Crippen LogP contribution >= 0.6 is 11.3 Å². The Labute approximate surface area is 220 Å². The lowest BCUT2D eigenvalue weighted by molar-refractivity contribution is 0.0696. The molecule has 5 aromatic rings. The van der Waals surface area contributed by atoms with E-state index < -0.39 is 5.97 Å². The minimum atomic E-state index is -1.00. The van der Waals surface area contributed by atoms with E-state index in [2.05, 4.69) is 39.1 Å². The fraction of sp³-hybridized carbons (Fsp3) is 0.296. The molecule has 0 bridgehead atoms. The molecule has 0 saturated carbocycles. The van der Waals surface area contributed by atoms with Crippen LogP contribution in [-0.4, -0.2) is 66.6 Å². The van der Waals surface area contributed by atoms with Gasteiger partial charge in [0.1, 0.15) is 21.3 Å². The number of rotatable bonds is 6. The molecule has 38 heavy (non-hydrogen) atoms. The summed E-state index contributed by atoms with van der Waals surface area (Å²) in [5.41, 5.74) is 2.50. The van der Waals surface area contributed by atoms with Gasteiger partial charge in [0, 0.05) is 31.0 Å². The quantitative estimate of drug-likeness (QED) is 0.304. The molecule has 1 aromatic carbocycles. The summed E-state index contributed by atoms with van der Waals surface area (Å²) in [5, 5.41) is 17.3. The molecule has 4 aromatic heterocycles. The molecule has 1 aliphatic heterocycles. The van der Waals surface area contributed by atoms with Gasteiger partial charge >= 0.3 is 5.97 Å². The Morgan fingerprint density at radius 3 is 2.82 bits per heavy atom. The molecule has 5 heterocycles. The topological polar surface area (TPSA) is 133 Å². The predicted molar refractivity (Wildman–Crippen MR) is 146 cm³/mol. The maximum atomic E-state index is 13.1. The lowest BCUT2D eigenvalue weighted by Crippen LogP contribution is -2.43. The number of thiazole rings is 1. The van der Waals surface area contributed by atoms with Crippen LogP contribution in [0.4, 0.5) is 0 Å². The fourth-order valence-corrected chi connectivity index (χ4v) is 6.28. The first-order chi connectivity index (χ1) is 18.2. The van der Waals surface area contributed by atoms with Gasteiger partial charge in [0.05, 0.1) is 21.5 Å². The fourth-order valence-electron chi connectivity index (χ4n) is 5.20. The monoisotopic (exact) mass is 530 g/mol.